The molecule has 0 radical (unpaired) electrons. The van der Waals surface area contributed by atoms with E-state index in [0.717, 1.165) is 34.7 Å². The maximum absolute atomic E-state index is 10.5. The maximum atomic E-state index is 10.5. The average molecular weight is 319 g/mol. The van der Waals surface area contributed by atoms with Crippen LogP contribution in [0.15, 0.2) is 22.7 Å². The van der Waals surface area contributed by atoms with Crippen LogP contribution in [0.4, 0.5) is 0 Å². The molecular formula is C12H13BrClNO2. The summed E-state index contributed by atoms with van der Waals surface area (Å²) < 4.78 is 1.04. The molecule has 1 heterocycles. The van der Waals surface area contributed by atoms with Crippen LogP contribution in [0.5, 0.6) is 0 Å². The Bertz CT molecular complexity index is 433. The summed E-state index contributed by atoms with van der Waals surface area (Å²) >= 11 is 9.43. The molecule has 5 heteroatoms. The molecule has 2 rings (SSSR count). The van der Waals surface area contributed by atoms with E-state index in [-0.39, 0.29) is 6.42 Å². The largest absolute Gasteiger partial charge is 0.481 e. The van der Waals surface area contributed by atoms with Crippen LogP contribution >= 0.6 is 27.5 Å². The SMILES string of the molecule is O=C(O)CC1CN(Cc2cc(Cl)ccc2Br)C1. The highest BCUT2D eigenvalue weighted by Crippen LogP contribution is 2.26. The van der Waals surface area contributed by atoms with Gasteiger partial charge in [0.1, 0.15) is 0 Å². The number of halogens is 2. The van der Waals surface area contributed by atoms with Gasteiger partial charge in [0.05, 0.1) is 6.42 Å². The molecule has 0 spiro atoms. The van der Waals surface area contributed by atoms with E-state index >= 15 is 0 Å². The zero-order valence-corrected chi connectivity index (χ0v) is 11.5. The molecule has 3 nitrogen and oxygen atoms in total. The summed E-state index contributed by atoms with van der Waals surface area (Å²) in [4.78, 5) is 12.7. The van der Waals surface area contributed by atoms with E-state index in [4.69, 9.17) is 16.7 Å². The van der Waals surface area contributed by atoms with Crippen molar-refractivity contribution < 1.29 is 9.90 Å². The molecular weight excluding hydrogens is 305 g/mol. The average Bonchev–Trinajstić information content (AvgIpc) is 2.19. The van der Waals surface area contributed by atoms with Crippen molar-refractivity contribution in [2.45, 2.75) is 13.0 Å². The minimum absolute atomic E-state index is 0.271. The molecule has 0 aromatic heterocycles. The lowest BCUT2D eigenvalue weighted by atomic mass is 9.96. The Hall–Kier alpha value is -0.580. The molecule has 1 N–H and O–H groups in total. The minimum atomic E-state index is -0.710. The van der Waals surface area contributed by atoms with Gasteiger partial charge in [-0.05, 0) is 29.7 Å². The van der Waals surface area contributed by atoms with Crippen LogP contribution in [0.3, 0.4) is 0 Å². The molecule has 0 bridgehead atoms. The molecule has 1 aliphatic heterocycles. The summed E-state index contributed by atoms with van der Waals surface area (Å²) in [5, 5.41) is 9.39. The second kappa shape index (κ2) is 5.38. The first-order valence-electron chi connectivity index (χ1n) is 5.42. The molecule has 1 fully saturated rings. The molecule has 92 valence electrons. The number of likely N-dealkylation sites (tertiary alicyclic amines) is 1. The van der Waals surface area contributed by atoms with Crippen LogP contribution in [0.25, 0.3) is 0 Å². The van der Waals surface area contributed by atoms with Crippen molar-refractivity contribution in [3.63, 3.8) is 0 Å². The highest BCUT2D eigenvalue weighted by Gasteiger charge is 2.28. The number of carbonyl (C=O) groups is 1. The second-order valence-electron chi connectivity index (χ2n) is 4.39. The van der Waals surface area contributed by atoms with Crippen molar-refractivity contribution in [2.24, 2.45) is 5.92 Å². The molecule has 17 heavy (non-hydrogen) atoms. The third-order valence-electron chi connectivity index (χ3n) is 2.90. The molecule has 0 unspecified atom stereocenters. The van der Waals surface area contributed by atoms with Gasteiger partial charge in [0, 0.05) is 29.1 Å². The van der Waals surface area contributed by atoms with Gasteiger partial charge in [-0.25, -0.2) is 0 Å². The van der Waals surface area contributed by atoms with Gasteiger partial charge in [-0.1, -0.05) is 27.5 Å². The Labute approximate surface area is 114 Å². The van der Waals surface area contributed by atoms with Crippen molar-refractivity contribution in [3.05, 3.63) is 33.3 Å². The van der Waals surface area contributed by atoms with Crippen molar-refractivity contribution in [2.75, 3.05) is 13.1 Å². The fourth-order valence-corrected chi connectivity index (χ4v) is 2.65. The van der Waals surface area contributed by atoms with Gasteiger partial charge >= 0.3 is 5.97 Å². The minimum Gasteiger partial charge on any atom is -0.481 e. The standard InChI is InChI=1S/C12H13BrClNO2/c13-11-2-1-10(14)4-9(11)7-15-5-8(6-15)3-12(16)17/h1-2,4,8H,3,5-7H2,(H,16,17). The lowest BCUT2D eigenvalue weighted by molar-refractivity contribution is -0.139. The second-order valence-corrected chi connectivity index (χ2v) is 5.68. The maximum Gasteiger partial charge on any atom is 0.303 e. The number of carboxylic acids is 1. The highest BCUT2D eigenvalue weighted by molar-refractivity contribution is 9.10. The van der Waals surface area contributed by atoms with Crippen LogP contribution < -0.4 is 0 Å². The summed E-state index contributed by atoms with van der Waals surface area (Å²) in [6, 6.07) is 5.72. The highest BCUT2D eigenvalue weighted by atomic mass is 79.9. The Kier molecular flexibility index (Phi) is 4.07. The molecule has 1 aromatic carbocycles. The van der Waals surface area contributed by atoms with Gasteiger partial charge in [-0.2, -0.15) is 0 Å². The summed E-state index contributed by atoms with van der Waals surface area (Å²) in [6.45, 7) is 2.52. The number of benzene rings is 1. The molecule has 0 atom stereocenters. The normalized spacial score (nSPS) is 16.8. The van der Waals surface area contributed by atoms with Gasteiger partial charge in [0.25, 0.3) is 0 Å². The third-order valence-corrected chi connectivity index (χ3v) is 3.91. The predicted molar refractivity (Wildman–Crippen MR) is 70.2 cm³/mol. The Morgan fingerprint density at radius 2 is 2.24 bits per heavy atom. The van der Waals surface area contributed by atoms with Crippen molar-refractivity contribution in [1.29, 1.82) is 0 Å². The number of aliphatic carboxylic acids is 1. The molecule has 0 amide bonds. The Balaban J connectivity index is 1.87. The fraction of sp³-hybridized carbons (Fsp3) is 0.417. The van der Waals surface area contributed by atoms with Gasteiger partial charge in [0.15, 0.2) is 0 Å². The molecule has 0 saturated carbocycles. The molecule has 1 saturated heterocycles. The van der Waals surface area contributed by atoms with E-state index in [9.17, 15) is 4.79 Å². The fourth-order valence-electron chi connectivity index (χ4n) is 2.09. The van der Waals surface area contributed by atoms with E-state index in [1.54, 1.807) is 0 Å². The van der Waals surface area contributed by atoms with E-state index in [1.807, 2.05) is 18.2 Å². The van der Waals surface area contributed by atoms with Crippen LogP contribution in [0.2, 0.25) is 5.02 Å². The number of hydrogen-bond donors (Lipinski definition) is 1. The number of carboxylic acid groups (broad SMARTS) is 1. The number of rotatable bonds is 4. The van der Waals surface area contributed by atoms with Crippen molar-refractivity contribution >= 4 is 33.5 Å². The van der Waals surface area contributed by atoms with Crippen LogP contribution in [0, 0.1) is 5.92 Å². The smallest absolute Gasteiger partial charge is 0.303 e. The van der Waals surface area contributed by atoms with Gasteiger partial charge in [0.2, 0.25) is 0 Å². The third kappa shape index (κ3) is 3.44. The van der Waals surface area contributed by atoms with Crippen molar-refractivity contribution in [3.8, 4) is 0 Å². The predicted octanol–water partition coefficient (Wildman–Crippen LogP) is 3.01. The topological polar surface area (TPSA) is 40.5 Å². The monoisotopic (exact) mass is 317 g/mol. The van der Waals surface area contributed by atoms with Gasteiger partial charge in [-0.15, -0.1) is 0 Å². The number of hydrogen-bond acceptors (Lipinski definition) is 2. The summed E-state index contributed by atoms with van der Waals surface area (Å²) in [6.07, 6.45) is 0.271. The van der Waals surface area contributed by atoms with Gasteiger partial charge in [-0.3, -0.25) is 9.69 Å². The first-order chi connectivity index (χ1) is 8.04. The molecule has 1 aliphatic rings. The quantitative estimate of drug-likeness (QED) is 0.928. The van der Waals surface area contributed by atoms with E-state index < -0.39 is 5.97 Å². The van der Waals surface area contributed by atoms with E-state index in [2.05, 4.69) is 20.8 Å². The molecule has 0 aliphatic carbocycles. The lowest BCUT2D eigenvalue weighted by Gasteiger charge is -2.38. The lowest BCUT2D eigenvalue weighted by Crippen LogP contribution is -2.46. The zero-order valence-electron chi connectivity index (χ0n) is 9.20. The van der Waals surface area contributed by atoms with E-state index in [1.165, 1.54) is 0 Å². The molecule has 1 aromatic rings. The van der Waals surface area contributed by atoms with E-state index in [0.29, 0.717) is 5.92 Å². The Morgan fingerprint density at radius 3 is 2.88 bits per heavy atom. The van der Waals surface area contributed by atoms with Crippen LogP contribution in [-0.2, 0) is 11.3 Å². The number of nitrogens with zero attached hydrogens (tertiary/aromatic N) is 1. The zero-order chi connectivity index (χ0) is 12.4. The summed E-state index contributed by atoms with van der Waals surface area (Å²) in [5.41, 5.74) is 1.14. The van der Waals surface area contributed by atoms with Crippen LogP contribution in [-0.4, -0.2) is 29.1 Å². The first kappa shape index (κ1) is 12.9. The van der Waals surface area contributed by atoms with Crippen LogP contribution in [0.1, 0.15) is 12.0 Å². The summed E-state index contributed by atoms with van der Waals surface area (Å²) in [7, 11) is 0. The van der Waals surface area contributed by atoms with Gasteiger partial charge < -0.3 is 5.11 Å². The Morgan fingerprint density at radius 1 is 1.53 bits per heavy atom. The van der Waals surface area contributed by atoms with Crippen molar-refractivity contribution in [1.82, 2.24) is 4.90 Å². The summed E-state index contributed by atoms with van der Waals surface area (Å²) in [5.74, 6) is -0.413. The first-order valence-corrected chi connectivity index (χ1v) is 6.60.